The number of nitrogens with zero attached hydrogens (tertiary/aromatic N) is 2. The van der Waals surface area contributed by atoms with Gasteiger partial charge in [-0.1, -0.05) is 18.2 Å². The molecule has 2 aliphatic heterocycles. The standard InChI is InChI=1S/C24H20N2O4S/c27-24(20-10-9-19(30-20)23-25-16-4-1-2-6-22(16)31-23)26-11-3-5-17(26)15-7-8-18-21(14-15)29-13-12-28-18/h1-2,4,6-10,14,17H,3,5,11-13H2/t17-/m0/s1. The molecule has 0 saturated carbocycles. The first-order chi connectivity index (χ1) is 15.3. The van der Waals surface area contributed by atoms with Crippen LogP contribution in [-0.4, -0.2) is 35.5 Å². The summed E-state index contributed by atoms with van der Waals surface area (Å²) in [4.78, 5) is 19.8. The highest BCUT2D eigenvalue weighted by Gasteiger charge is 2.33. The fourth-order valence-electron chi connectivity index (χ4n) is 4.31. The van der Waals surface area contributed by atoms with E-state index in [4.69, 9.17) is 13.9 Å². The van der Waals surface area contributed by atoms with Gasteiger partial charge in [-0.2, -0.15) is 0 Å². The number of hydrogen-bond donors (Lipinski definition) is 0. The van der Waals surface area contributed by atoms with Crippen molar-refractivity contribution < 1.29 is 18.7 Å². The van der Waals surface area contributed by atoms with Crippen LogP contribution in [0.5, 0.6) is 11.5 Å². The molecule has 2 aromatic heterocycles. The molecule has 6 nitrogen and oxygen atoms in total. The summed E-state index contributed by atoms with van der Waals surface area (Å²) in [5.41, 5.74) is 2.00. The Morgan fingerprint density at radius 1 is 1.03 bits per heavy atom. The van der Waals surface area contributed by atoms with Crippen LogP contribution in [-0.2, 0) is 0 Å². The number of rotatable bonds is 3. The molecule has 0 N–H and O–H groups in total. The summed E-state index contributed by atoms with van der Waals surface area (Å²) < 4.78 is 18.4. The van der Waals surface area contributed by atoms with E-state index in [9.17, 15) is 4.79 Å². The molecule has 1 fully saturated rings. The van der Waals surface area contributed by atoms with E-state index in [2.05, 4.69) is 4.98 Å². The van der Waals surface area contributed by atoms with Gasteiger partial charge in [0.2, 0.25) is 0 Å². The Hall–Kier alpha value is -3.32. The highest BCUT2D eigenvalue weighted by molar-refractivity contribution is 7.21. The Balaban J connectivity index is 1.27. The van der Waals surface area contributed by atoms with Crippen LogP contribution in [0.4, 0.5) is 0 Å². The van der Waals surface area contributed by atoms with Crippen molar-refractivity contribution in [2.75, 3.05) is 19.8 Å². The summed E-state index contributed by atoms with van der Waals surface area (Å²) in [6.07, 6.45) is 1.87. The Labute approximate surface area is 183 Å². The monoisotopic (exact) mass is 432 g/mol. The quantitative estimate of drug-likeness (QED) is 0.439. The van der Waals surface area contributed by atoms with Gasteiger partial charge in [0.1, 0.15) is 13.2 Å². The third-order valence-electron chi connectivity index (χ3n) is 5.79. The molecule has 6 rings (SSSR count). The van der Waals surface area contributed by atoms with Gasteiger partial charge in [0.15, 0.2) is 28.0 Å². The first kappa shape index (κ1) is 18.4. The van der Waals surface area contributed by atoms with Crippen molar-refractivity contribution in [2.45, 2.75) is 18.9 Å². The van der Waals surface area contributed by atoms with Crippen molar-refractivity contribution in [1.82, 2.24) is 9.88 Å². The number of furan rings is 1. The molecule has 7 heteroatoms. The summed E-state index contributed by atoms with van der Waals surface area (Å²) in [5, 5.41) is 0.782. The third-order valence-corrected chi connectivity index (χ3v) is 6.84. The van der Waals surface area contributed by atoms with Crippen LogP contribution in [0.2, 0.25) is 0 Å². The molecule has 0 bridgehead atoms. The van der Waals surface area contributed by atoms with Crippen LogP contribution in [0, 0.1) is 0 Å². The number of carbonyl (C=O) groups is 1. The van der Waals surface area contributed by atoms with Crippen LogP contribution in [0.3, 0.4) is 0 Å². The van der Waals surface area contributed by atoms with Crippen LogP contribution >= 0.6 is 11.3 Å². The van der Waals surface area contributed by atoms with Gasteiger partial charge in [0.05, 0.1) is 16.3 Å². The van der Waals surface area contributed by atoms with E-state index in [-0.39, 0.29) is 11.9 Å². The molecule has 31 heavy (non-hydrogen) atoms. The van der Waals surface area contributed by atoms with E-state index in [1.54, 1.807) is 17.4 Å². The van der Waals surface area contributed by atoms with Crippen LogP contribution in [0.15, 0.2) is 59.0 Å². The molecule has 2 aliphatic rings. The van der Waals surface area contributed by atoms with Crippen molar-refractivity contribution >= 4 is 27.5 Å². The van der Waals surface area contributed by atoms with E-state index in [1.165, 1.54) is 0 Å². The minimum Gasteiger partial charge on any atom is -0.486 e. The summed E-state index contributed by atoms with van der Waals surface area (Å²) in [7, 11) is 0. The van der Waals surface area contributed by atoms with Gasteiger partial charge in [0.25, 0.3) is 5.91 Å². The lowest BCUT2D eigenvalue weighted by atomic mass is 10.0. The van der Waals surface area contributed by atoms with Crippen molar-refractivity contribution in [2.24, 2.45) is 0 Å². The highest BCUT2D eigenvalue weighted by atomic mass is 32.1. The Morgan fingerprint density at radius 3 is 2.81 bits per heavy atom. The predicted octanol–water partition coefficient (Wildman–Crippen LogP) is 5.30. The Morgan fingerprint density at radius 2 is 1.90 bits per heavy atom. The van der Waals surface area contributed by atoms with Crippen molar-refractivity contribution in [3.8, 4) is 22.3 Å². The predicted molar refractivity (Wildman–Crippen MR) is 118 cm³/mol. The van der Waals surface area contributed by atoms with Crippen molar-refractivity contribution in [1.29, 1.82) is 0 Å². The molecule has 4 aromatic rings. The molecular weight excluding hydrogens is 412 g/mol. The molecule has 0 aliphatic carbocycles. The number of benzene rings is 2. The Kier molecular flexibility index (Phi) is 4.42. The molecule has 0 unspecified atom stereocenters. The molecule has 4 heterocycles. The zero-order chi connectivity index (χ0) is 20.8. The highest BCUT2D eigenvalue weighted by Crippen LogP contribution is 2.39. The minimum atomic E-state index is -0.0928. The largest absolute Gasteiger partial charge is 0.486 e. The molecule has 1 saturated heterocycles. The maximum Gasteiger partial charge on any atom is 0.290 e. The molecule has 0 spiro atoms. The van der Waals surface area contributed by atoms with Gasteiger partial charge >= 0.3 is 0 Å². The minimum absolute atomic E-state index is 0.000623. The number of fused-ring (bicyclic) bond motifs is 2. The summed E-state index contributed by atoms with van der Waals surface area (Å²) in [6, 6.07) is 17.5. The maximum atomic E-state index is 13.3. The number of aromatic nitrogens is 1. The SMILES string of the molecule is O=C(c1ccc(-c2nc3ccccc3s2)o1)N1CCC[C@H]1c1ccc2c(c1)OCCO2. The fourth-order valence-corrected chi connectivity index (χ4v) is 5.24. The average Bonchev–Trinajstić information content (AvgIpc) is 3.57. The number of likely N-dealkylation sites (tertiary alicyclic amines) is 1. The number of ether oxygens (including phenoxy) is 2. The van der Waals surface area contributed by atoms with Crippen LogP contribution in [0.1, 0.15) is 35.0 Å². The second-order valence-electron chi connectivity index (χ2n) is 7.71. The summed E-state index contributed by atoms with van der Waals surface area (Å²) in [5.74, 6) is 2.39. The summed E-state index contributed by atoms with van der Waals surface area (Å²) in [6.45, 7) is 1.82. The van der Waals surface area contributed by atoms with E-state index < -0.39 is 0 Å². The molecule has 1 atom stereocenters. The van der Waals surface area contributed by atoms with Crippen LogP contribution < -0.4 is 9.47 Å². The summed E-state index contributed by atoms with van der Waals surface area (Å²) >= 11 is 1.56. The lowest BCUT2D eigenvalue weighted by Crippen LogP contribution is -2.30. The van der Waals surface area contributed by atoms with Crippen molar-refractivity contribution in [3.63, 3.8) is 0 Å². The van der Waals surface area contributed by atoms with Gasteiger partial charge in [0, 0.05) is 6.54 Å². The molecule has 0 radical (unpaired) electrons. The topological polar surface area (TPSA) is 64.8 Å². The number of carbonyl (C=O) groups excluding carboxylic acids is 1. The molecule has 2 aromatic carbocycles. The second kappa shape index (κ2) is 7.42. The van der Waals surface area contributed by atoms with Gasteiger partial charge < -0.3 is 18.8 Å². The lowest BCUT2D eigenvalue weighted by molar-refractivity contribution is 0.0703. The average molecular weight is 433 g/mol. The third kappa shape index (κ3) is 3.25. The fraction of sp³-hybridized carbons (Fsp3) is 0.250. The van der Waals surface area contributed by atoms with Gasteiger partial charge in [-0.15, -0.1) is 11.3 Å². The van der Waals surface area contributed by atoms with Gasteiger partial charge in [-0.05, 0) is 54.8 Å². The number of para-hydroxylation sites is 1. The lowest BCUT2D eigenvalue weighted by Gasteiger charge is -2.26. The molecular formula is C24H20N2O4S. The van der Waals surface area contributed by atoms with E-state index in [0.29, 0.717) is 31.3 Å². The molecule has 1 amide bonds. The smallest absolute Gasteiger partial charge is 0.290 e. The zero-order valence-electron chi connectivity index (χ0n) is 16.7. The van der Waals surface area contributed by atoms with Crippen LogP contribution in [0.25, 0.3) is 21.0 Å². The van der Waals surface area contributed by atoms with Crippen molar-refractivity contribution in [3.05, 3.63) is 65.9 Å². The number of thiazole rings is 1. The first-order valence-electron chi connectivity index (χ1n) is 10.4. The van der Waals surface area contributed by atoms with Gasteiger partial charge in [-0.3, -0.25) is 4.79 Å². The van der Waals surface area contributed by atoms with Gasteiger partial charge in [-0.25, -0.2) is 4.98 Å². The molecule has 156 valence electrons. The normalized spacial score (nSPS) is 17.9. The van der Waals surface area contributed by atoms with E-state index in [0.717, 1.165) is 45.1 Å². The van der Waals surface area contributed by atoms with E-state index in [1.807, 2.05) is 53.4 Å². The second-order valence-corrected chi connectivity index (χ2v) is 8.74. The zero-order valence-corrected chi connectivity index (χ0v) is 17.6. The number of hydrogen-bond acceptors (Lipinski definition) is 6. The maximum absolute atomic E-state index is 13.3. The first-order valence-corrected chi connectivity index (χ1v) is 11.2. The Bertz CT molecular complexity index is 1240. The number of amides is 1. The van der Waals surface area contributed by atoms with E-state index >= 15 is 0 Å².